The molecular formula is C5H10NO2. The fourth-order valence-electron chi connectivity index (χ4n) is 0.795. The van der Waals surface area contributed by atoms with Crippen molar-refractivity contribution in [3.8, 4) is 0 Å². The second-order valence-corrected chi connectivity index (χ2v) is 2.03. The van der Waals surface area contributed by atoms with E-state index < -0.39 is 12.3 Å². The monoisotopic (exact) mass is 116 g/mol. The molecule has 2 N–H and O–H groups in total. The average molecular weight is 116 g/mol. The molecule has 0 aromatic carbocycles. The van der Waals surface area contributed by atoms with Gasteiger partial charge in [0.2, 0.25) is 0 Å². The van der Waals surface area contributed by atoms with Crippen molar-refractivity contribution < 1.29 is 10.2 Å². The number of aliphatic hydroxyl groups is 2. The molecular weight excluding hydrogens is 106 g/mol. The Labute approximate surface area is 48.3 Å². The Morgan fingerprint density at radius 2 is 2.12 bits per heavy atom. The fraction of sp³-hybridized carbons (Fsp3) is 1.00. The molecule has 1 aliphatic rings. The van der Waals surface area contributed by atoms with E-state index in [1.807, 2.05) is 0 Å². The van der Waals surface area contributed by atoms with Gasteiger partial charge in [-0.2, -0.15) is 0 Å². The molecule has 3 heteroatoms. The first kappa shape index (κ1) is 6.01. The van der Waals surface area contributed by atoms with E-state index in [2.05, 4.69) is 5.32 Å². The van der Waals surface area contributed by atoms with Crippen LogP contribution in [0.2, 0.25) is 0 Å². The van der Waals surface area contributed by atoms with Crippen molar-refractivity contribution in [2.24, 2.45) is 0 Å². The van der Waals surface area contributed by atoms with E-state index in [4.69, 9.17) is 10.2 Å². The highest BCUT2D eigenvalue weighted by Gasteiger charge is 2.19. The molecule has 2 unspecified atom stereocenters. The number of aliphatic hydroxyl groups excluding tert-OH is 2. The third kappa shape index (κ3) is 1.18. The zero-order valence-electron chi connectivity index (χ0n) is 4.62. The minimum absolute atomic E-state index is 0.608. The Bertz CT molecular complexity index is 66.8. The van der Waals surface area contributed by atoms with Crippen LogP contribution >= 0.6 is 0 Å². The van der Waals surface area contributed by atoms with Crippen LogP contribution in [0.25, 0.3) is 0 Å². The molecule has 0 saturated carbocycles. The maximum absolute atomic E-state index is 8.83. The van der Waals surface area contributed by atoms with Crippen LogP contribution in [0.4, 0.5) is 0 Å². The van der Waals surface area contributed by atoms with E-state index >= 15 is 0 Å². The fourth-order valence-corrected chi connectivity index (χ4v) is 0.795. The Morgan fingerprint density at radius 1 is 1.38 bits per heavy atom. The Kier molecular flexibility index (Phi) is 1.83. The standard InChI is InChI=1S/C5H10NO2/c7-4-2-1-3-6-5(4)8/h4-5,7-8H,1-3H2. The number of hydrogen-bond acceptors (Lipinski definition) is 2. The molecule has 0 aliphatic carbocycles. The van der Waals surface area contributed by atoms with Crippen molar-refractivity contribution in [3.63, 3.8) is 0 Å². The summed E-state index contributed by atoms with van der Waals surface area (Å²) in [7, 11) is 0. The molecule has 0 bridgehead atoms. The van der Waals surface area contributed by atoms with Crippen LogP contribution in [0.3, 0.4) is 0 Å². The van der Waals surface area contributed by atoms with Crippen LogP contribution < -0.4 is 5.32 Å². The molecule has 8 heavy (non-hydrogen) atoms. The molecule has 1 saturated heterocycles. The highest BCUT2D eigenvalue weighted by Crippen LogP contribution is 2.06. The zero-order valence-corrected chi connectivity index (χ0v) is 4.62. The SMILES string of the molecule is OC1CCC[N]C1O. The maximum atomic E-state index is 8.83. The van der Waals surface area contributed by atoms with Crippen molar-refractivity contribution in [2.75, 3.05) is 6.54 Å². The van der Waals surface area contributed by atoms with Gasteiger partial charge in [0.25, 0.3) is 0 Å². The van der Waals surface area contributed by atoms with E-state index in [9.17, 15) is 0 Å². The summed E-state index contributed by atoms with van der Waals surface area (Å²) in [6.45, 7) is 0.693. The van der Waals surface area contributed by atoms with E-state index in [1.165, 1.54) is 0 Å². The Balaban J connectivity index is 2.28. The maximum Gasteiger partial charge on any atom is 0.146 e. The highest BCUT2D eigenvalue weighted by molar-refractivity contribution is 4.70. The molecule has 0 spiro atoms. The van der Waals surface area contributed by atoms with Gasteiger partial charge in [0.15, 0.2) is 0 Å². The van der Waals surface area contributed by atoms with Gasteiger partial charge in [0, 0.05) is 6.54 Å². The zero-order chi connectivity index (χ0) is 5.98. The summed E-state index contributed by atoms with van der Waals surface area (Å²) in [4.78, 5) is 0. The summed E-state index contributed by atoms with van der Waals surface area (Å²) in [5, 5.41) is 21.3. The van der Waals surface area contributed by atoms with Gasteiger partial charge in [-0.3, -0.25) is 0 Å². The summed E-state index contributed by atoms with van der Waals surface area (Å²) >= 11 is 0. The smallest absolute Gasteiger partial charge is 0.146 e. The van der Waals surface area contributed by atoms with Crippen molar-refractivity contribution in [3.05, 3.63) is 0 Å². The largest absolute Gasteiger partial charge is 0.389 e. The number of hydrogen-bond donors (Lipinski definition) is 2. The van der Waals surface area contributed by atoms with Gasteiger partial charge in [-0.1, -0.05) is 0 Å². The van der Waals surface area contributed by atoms with Gasteiger partial charge in [0.05, 0.1) is 6.10 Å². The second-order valence-electron chi connectivity index (χ2n) is 2.03. The number of rotatable bonds is 0. The summed E-state index contributed by atoms with van der Waals surface area (Å²) < 4.78 is 0. The quantitative estimate of drug-likeness (QED) is 0.429. The lowest BCUT2D eigenvalue weighted by molar-refractivity contribution is -0.0253. The molecule has 47 valence electrons. The molecule has 0 aromatic heterocycles. The Morgan fingerprint density at radius 3 is 2.50 bits per heavy atom. The van der Waals surface area contributed by atoms with E-state index in [0.717, 1.165) is 6.42 Å². The molecule has 1 aliphatic heterocycles. The summed E-state index contributed by atoms with van der Waals surface area (Å²) in [6, 6.07) is 0. The highest BCUT2D eigenvalue weighted by atomic mass is 16.3. The predicted octanol–water partition coefficient (Wildman–Crippen LogP) is -0.936. The molecule has 1 rings (SSSR count). The van der Waals surface area contributed by atoms with E-state index in [1.54, 1.807) is 0 Å². The van der Waals surface area contributed by atoms with E-state index in [0.29, 0.717) is 13.0 Å². The normalized spacial score (nSPS) is 39.8. The van der Waals surface area contributed by atoms with Crippen LogP contribution in [-0.4, -0.2) is 29.1 Å². The molecule has 1 radical (unpaired) electrons. The lowest BCUT2D eigenvalue weighted by Crippen LogP contribution is -2.39. The van der Waals surface area contributed by atoms with Gasteiger partial charge in [-0.05, 0) is 12.8 Å². The number of nitrogens with zero attached hydrogens (tertiary/aromatic N) is 1. The third-order valence-corrected chi connectivity index (χ3v) is 1.32. The summed E-state index contributed by atoms with van der Waals surface area (Å²) in [6.07, 6.45) is 0.163. The molecule has 1 heterocycles. The third-order valence-electron chi connectivity index (χ3n) is 1.32. The molecule has 3 nitrogen and oxygen atoms in total. The molecule has 1 fully saturated rings. The molecule has 0 amide bonds. The van der Waals surface area contributed by atoms with Crippen molar-refractivity contribution >= 4 is 0 Å². The second kappa shape index (κ2) is 2.44. The van der Waals surface area contributed by atoms with Crippen LogP contribution in [0.1, 0.15) is 12.8 Å². The van der Waals surface area contributed by atoms with Crippen LogP contribution in [0, 0.1) is 0 Å². The lowest BCUT2D eigenvalue weighted by atomic mass is 10.1. The minimum atomic E-state index is -0.816. The first-order chi connectivity index (χ1) is 3.80. The first-order valence-corrected chi connectivity index (χ1v) is 2.83. The number of piperidine rings is 1. The van der Waals surface area contributed by atoms with Crippen LogP contribution in [0.15, 0.2) is 0 Å². The topological polar surface area (TPSA) is 54.6 Å². The Hall–Kier alpha value is -0.120. The molecule has 0 aromatic rings. The predicted molar refractivity (Wildman–Crippen MR) is 28.2 cm³/mol. The van der Waals surface area contributed by atoms with Gasteiger partial charge in [-0.25, -0.2) is 5.32 Å². The minimum Gasteiger partial charge on any atom is -0.389 e. The first-order valence-electron chi connectivity index (χ1n) is 2.83. The van der Waals surface area contributed by atoms with Gasteiger partial charge in [0.1, 0.15) is 6.23 Å². The van der Waals surface area contributed by atoms with Crippen molar-refractivity contribution in [1.29, 1.82) is 0 Å². The van der Waals surface area contributed by atoms with Gasteiger partial charge < -0.3 is 10.2 Å². The average Bonchev–Trinajstić information content (AvgIpc) is 1.77. The van der Waals surface area contributed by atoms with Gasteiger partial charge in [-0.15, -0.1) is 0 Å². The van der Waals surface area contributed by atoms with E-state index in [-0.39, 0.29) is 0 Å². The van der Waals surface area contributed by atoms with Crippen LogP contribution in [-0.2, 0) is 0 Å². The summed E-state index contributed by atoms with van der Waals surface area (Å²) in [5.74, 6) is 0. The van der Waals surface area contributed by atoms with Gasteiger partial charge >= 0.3 is 0 Å². The van der Waals surface area contributed by atoms with Crippen LogP contribution in [0.5, 0.6) is 0 Å². The van der Waals surface area contributed by atoms with Crippen molar-refractivity contribution in [2.45, 2.75) is 25.2 Å². The lowest BCUT2D eigenvalue weighted by Gasteiger charge is -2.21. The van der Waals surface area contributed by atoms with Crippen molar-refractivity contribution in [1.82, 2.24) is 5.32 Å². The summed E-state index contributed by atoms with van der Waals surface area (Å²) in [5.41, 5.74) is 0. The molecule has 2 atom stereocenters.